The van der Waals surface area contributed by atoms with Crippen molar-refractivity contribution < 1.29 is 9.53 Å². The quantitative estimate of drug-likeness (QED) is 0.608. The van der Waals surface area contributed by atoms with Crippen molar-refractivity contribution in [1.82, 2.24) is 9.55 Å². The van der Waals surface area contributed by atoms with Crippen LogP contribution in [0.1, 0.15) is 27.4 Å². The van der Waals surface area contributed by atoms with Crippen molar-refractivity contribution in [2.24, 2.45) is 0 Å². The fraction of sp³-hybridized carbons (Fsp3) is 0.375. The summed E-state index contributed by atoms with van der Waals surface area (Å²) in [5, 5.41) is 0. The molecule has 0 aromatic carbocycles. The molecule has 0 N–H and O–H groups in total. The van der Waals surface area contributed by atoms with Gasteiger partial charge >= 0.3 is 5.97 Å². The Morgan fingerprint density at radius 3 is 2.86 bits per heavy atom. The zero-order chi connectivity index (χ0) is 15.2. The van der Waals surface area contributed by atoms with Crippen molar-refractivity contribution in [3.8, 4) is 0 Å². The van der Waals surface area contributed by atoms with Gasteiger partial charge in [-0.2, -0.15) is 11.8 Å². The Kier molecular flexibility index (Phi) is 5.44. The highest BCUT2D eigenvalue weighted by molar-refractivity contribution is 7.98. The van der Waals surface area contributed by atoms with Gasteiger partial charge in [-0.05, 0) is 38.3 Å². The fourth-order valence-corrected chi connectivity index (χ4v) is 2.45. The van der Waals surface area contributed by atoms with Crippen molar-refractivity contribution in [1.29, 1.82) is 0 Å². The van der Waals surface area contributed by atoms with E-state index in [-0.39, 0.29) is 5.97 Å². The number of hydrogen-bond acceptors (Lipinski definition) is 4. The number of aryl methyl sites for hydroxylation is 1. The molecule has 0 aliphatic carbocycles. The van der Waals surface area contributed by atoms with Crippen LogP contribution in [0.4, 0.5) is 0 Å². The molecular formula is C16H20N2O2S. The van der Waals surface area contributed by atoms with Crippen molar-refractivity contribution >= 4 is 17.7 Å². The van der Waals surface area contributed by atoms with Crippen LogP contribution in [0, 0.1) is 13.8 Å². The molecule has 0 unspecified atom stereocenters. The van der Waals surface area contributed by atoms with Crippen LogP contribution in [0.25, 0.3) is 0 Å². The Bertz CT molecular complexity index is 608. The minimum absolute atomic E-state index is 0.246. The second-order valence-electron chi connectivity index (χ2n) is 4.82. The summed E-state index contributed by atoms with van der Waals surface area (Å²) in [6.45, 7) is 5.05. The molecule has 0 saturated heterocycles. The molecule has 112 valence electrons. The number of nitrogens with zero attached hydrogens (tertiary/aromatic N) is 2. The summed E-state index contributed by atoms with van der Waals surface area (Å²) in [7, 11) is 0. The molecule has 2 rings (SSSR count). The highest BCUT2D eigenvalue weighted by atomic mass is 32.2. The molecule has 0 fully saturated rings. The number of carbonyl (C=O) groups excluding carboxylic acids is 1. The van der Waals surface area contributed by atoms with Gasteiger partial charge in [0.1, 0.15) is 6.61 Å². The monoisotopic (exact) mass is 304 g/mol. The predicted molar refractivity (Wildman–Crippen MR) is 85.9 cm³/mol. The molecule has 0 saturated carbocycles. The molecule has 0 radical (unpaired) electrons. The molecule has 4 nitrogen and oxygen atoms in total. The topological polar surface area (TPSA) is 44.1 Å². The number of aromatic nitrogens is 2. The van der Waals surface area contributed by atoms with E-state index in [1.54, 1.807) is 18.0 Å². The number of pyridine rings is 1. The van der Waals surface area contributed by atoms with Gasteiger partial charge < -0.3 is 9.30 Å². The maximum Gasteiger partial charge on any atom is 0.339 e. The molecular weight excluding hydrogens is 284 g/mol. The Morgan fingerprint density at radius 2 is 2.19 bits per heavy atom. The first-order valence-corrected chi connectivity index (χ1v) is 8.25. The first-order valence-electron chi connectivity index (χ1n) is 6.86. The highest BCUT2D eigenvalue weighted by Crippen LogP contribution is 2.17. The zero-order valence-corrected chi connectivity index (χ0v) is 13.4. The summed E-state index contributed by atoms with van der Waals surface area (Å²) < 4.78 is 7.37. The third-order valence-electron chi connectivity index (χ3n) is 3.36. The molecule has 5 heteroatoms. The smallest absolute Gasteiger partial charge is 0.339 e. The van der Waals surface area contributed by atoms with Crippen molar-refractivity contribution in [2.75, 3.05) is 18.6 Å². The van der Waals surface area contributed by atoms with Crippen LogP contribution < -0.4 is 0 Å². The Morgan fingerprint density at radius 1 is 1.38 bits per heavy atom. The van der Waals surface area contributed by atoms with E-state index in [1.807, 2.05) is 44.4 Å². The van der Waals surface area contributed by atoms with Gasteiger partial charge in [0.25, 0.3) is 0 Å². The molecule has 0 aliphatic heterocycles. The molecule has 0 spiro atoms. The minimum atomic E-state index is -0.246. The third kappa shape index (κ3) is 3.88. The predicted octanol–water partition coefficient (Wildman–Crippen LogP) is 3.07. The summed E-state index contributed by atoms with van der Waals surface area (Å²) >= 11 is 1.66. The van der Waals surface area contributed by atoms with E-state index in [2.05, 4.69) is 9.55 Å². The van der Waals surface area contributed by atoms with E-state index < -0.39 is 0 Å². The lowest BCUT2D eigenvalue weighted by atomic mass is 10.2. The van der Waals surface area contributed by atoms with E-state index >= 15 is 0 Å². The third-order valence-corrected chi connectivity index (χ3v) is 3.94. The molecule has 0 atom stereocenters. The maximum absolute atomic E-state index is 12.1. The zero-order valence-electron chi connectivity index (χ0n) is 12.6. The lowest BCUT2D eigenvalue weighted by Crippen LogP contribution is -2.10. The van der Waals surface area contributed by atoms with Crippen LogP contribution in [0.2, 0.25) is 0 Å². The molecule has 21 heavy (non-hydrogen) atoms. The molecule has 2 aromatic rings. The second kappa shape index (κ2) is 7.31. The first-order chi connectivity index (χ1) is 10.1. The van der Waals surface area contributed by atoms with Crippen molar-refractivity contribution in [2.45, 2.75) is 20.4 Å². The number of rotatable bonds is 6. The number of carbonyl (C=O) groups is 1. The minimum Gasteiger partial charge on any atom is -0.461 e. The summed E-state index contributed by atoms with van der Waals surface area (Å²) in [6, 6.07) is 7.73. The van der Waals surface area contributed by atoms with Gasteiger partial charge in [0.2, 0.25) is 0 Å². The molecule has 0 amide bonds. The molecule has 0 bridgehead atoms. The van der Waals surface area contributed by atoms with Gasteiger partial charge in [0.05, 0.1) is 17.8 Å². The van der Waals surface area contributed by atoms with Gasteiger partial charge in [-0.3, -0.25) is 4.98 Å². The van der Waals surface area contributed by atoms with Crippen LogP contribution >= 0.6 is 11.8 Å². The first kappa shape index (κ1) is 15.6. The number of ether oxygens (including phenoxy) is 1. The van der Waals surface area contributed by atoms with Gasteiger partial charge in [0, 0.05) is 23.3 Å². The van der Waals surface area contributed by atoms with Crippen molar-refractivity contribution in [3.05, 3.63) is 53.1 Å². The Balaban J connectivity index is 2.15. The summed E-state index contributed by atoms with van der Waals surface area (Å²) in [5.74, 6) is 0.572. The number of esters is 1. The van der Waals surface area contributed by atoms with Gasteiger partial charge in [-0.25, -0.2) is 4.79 Å². The van der Waals surface area contributed by atoms with Crippen LogP contribution in [0.15, 0.2) is 30.5 Å². The summed E-state index contributed by atoms with van der Waals surface area (Å²) in [4.78, 5) is 16.4. The SMILES string of the molecule is CSCCOC(=O)c1cc(C)n(Cc2ccccn2)c1C. The number of thioether (sulfide) groups is 1. The van der Waals surface area contributed by atoms with Crippen LogP contribution in [-0.4, -0.2) is 34.1 Å². The average molecular weight is 304 g/mol. The molecule has 2 heterocycles. The summed E-state index contributed by atoms with van der Waals surface area (Å²) in [5.41, 5.74) is 3.58. The van der Waals surface area contributed by atoms with Gasteiger partial charge in [-0.1, -0.05) is 6.07 Å². The largest absolute Gasteiger partial charge is 0.461 e. The van der Waals surface area contributed by atoms with E-state index in [9.17, 15) is 4.79 Å². The van der Waals surface area contributed by atoms with Crippen molar-refractivity contribution in [3.63, 3.8) is 0 Å². The lowest BCUT2D eigenvalue weighted by Gasteiger charge is -2.09. The molecule has 0 aliphatic rings. The van der Waals surface area contributed by atoms with Crippen LogP contribution in [0.3, 0.4) is 0 Å². The van der Waals surface area contributed by atoms with Crippen LogP contribution in [-0.2, 0) is 11.3 Å². The Hall–Kier alpha value is -1.75. The van der Waals surface area contributed by atoms with E-state index in [1.165, 1.54) is 0 Å². The van der Waals surface area contributed by atoms with E-state index in [4.69, 9.17) is 4.74 Å². The Labute approximate surface area is 129 Å². The van der Waals surface area contributed by atoms with Gasteiger partial charge in [-0.15, -0.1) is 0 Å². The maximum atomic E-state index is 12.1. The highest BCUT2D eigenvalue weighted by Gasteiger charge is 2.17. The standard InChI is InChI=1S/C16H20N2O2S/c1-12-10-15(16(19)20-8-9-21-3)13(2)18(12)11-14-6-4-5-7-17-14/h4-7,10H,8-9,11H2,1-3H3. The lowest BCUT2D eigenvalue weighted by molar-refractivity contribution is 0.0529. The second-order valence-corrected chi connectivity index (χ2v) is 5.81. The van der Waals surface area contributed by atoms with E-state index in [0.717, 1.165) is 22.8 Å². The fourth-order valence-electron chi connectivity index (χ4n) is 2.20. The van der Waals surface area contributed by atoms with Crippen LogP contribution in [0.5, 0.6) is 0 Å². The summed E-state index contributed by atoms with van der Waals surface area (Å²) in [6.07, 6.45) is 3.77. The number of hydrogen-bond donors (Lipinski definition) is 0. The average Bonchev–Trinajstić information content (AvgIpc) is 2.77. The van der Waals surface area contributed by atoms with Gasteiger partial charge in [0.15, 0.2) is 0 Å². The molecule has 2 aromatic heterocycles. The van der Waals surface area contributed by atoms with E-state index in [0.29, 0.717) is 18.7 Å². The normalized spacial score (nSPS) is 10.6.